The first-order valence-electron chi connectivity index (χ1n) is 11.1. The molecule has 0 aliphatic heterocycles. The van der Waals surface area contributed by atoms with Gasteiger partial charge in [0.15, 0.2) is 11.5 Å². The van der Waals surface area contributed by atoms with Crippen molar-refractivity contribution >= 4 is 36.0 Å². The van der Waals surface area contributed by atoms with E-state index in [1.807, 2.05) is 0 Å². The van der Waals surface area contributed by atoms with Crippen molar-refractivity contribution in [2.24, 2.45) is 0 Å². The summed E-state index contributed by atoms with van der Waals surface area (Å²) in [5.41, 5.74) is 7.67. The van der Waals surface area contributed by atoms with Gasteiger partial charge in [-0.15, -0.1) is 0 Å². The van der Waals surface area contributed by atoms with Crippen LogP contribution in [0.25, 0.3) is 11.2 Å². The SMILES string of the molecule is Nc1ncnc2c1ncn2CCOCP(=O)(OCc1ccc([N+](=O)[O-])cc1)OCc1ccc([N+](=O)[O-])cc1. The van der Waals surface area contributed by atoms with Crippen LogP contribution in [0.4, 0.5) is 17.2 Å². The molecule has 2 aromatic heterocycles. The number of nitrogens with two attached hydrogens (primary N) is 1. The second-order valence-electron chi connectivity index (χ2n) is 7.91. The molecule has 38 heavy (non-hydrogen) atoms. The number of rotatable bonds is 13. The van der Waals surface area contributed by atoms with E-state index in [1.165, 1.54) is 61.2 Å². The minimum atomic E-state index is -3.84. The Balaban J connectivity index is 1.39. The highest BCUT2D eigenvalue weighted by molar-refractivity contribution is 7.53. The minimum Gasteiger partial charge on any atom is -0.382 e. The van der Waals surface area contributed by atoms with Gasteiger partial charge in [-0.2, -0.15) is 0 Å². The normalized spacial score (nSPS) is 11.6. The molecule has 0 aliphatic carbocycles. The van der Waals surface area contributed by atoms with Gasteiger partial charge in [0, 0.05) is 30.8 Å². The summed E-state index contributed by atoms with van der Waals surface area (Å²) in [6.45, 7) is 0.126. The Hall–Kier alpha value is -4.30. The number of ether oxygens (including phenoxy) is 1. The van der Waals surface area contributed by atoms with E-state index in [-0.39, 0.29) is 37.0 Å². The molecule has 0 fully saturated rings. The molecule has 2 heterocycles. The number of imidazole rings is 1. The van der Waals surface area contributed by atoms with Crippen LogP contribution in [0.1, 0.15) is 11.1 Å². The lowest BCUT2D eigenvalue weighted by atomic mass is 10.2. The molecular weight excluding hydrogens is 521 g/mol. The first kappa shape index (κ1) is 26.8. The molecular formula is C22H22N7O8P. The van der Waals surface area contributed by atoms with Gasteiger partial charge in [-0.25, -0.2) is 15.0 Å². The van der Waals surface area contributed by atoms with E-state index in [2.05, 4.69) is 15.0 Å². The second-order valence-corrected chi connectivity index (χ2v) is 9.91. The molecule has 0 saturated heterocycles. The van der Waals surface area contributed by atoms with E-state index in [4.69, 9.17) is 19.5 Å². The van der Waals surface area contributed by atoms with E-state index in [0.717, 1.165) is 0 Å². The Morgan fingerprint density at radius 3 is 1.95 bits per heavy atom. The molecule has 16 heteroatoms. The monoisotopic (exact) mass is 543 g/mol. The van der Waals surface area contributed by atoms with Gasteiger partial charge in [-0.1, -0.05) is 0 Å². The van der Waals surface area contributed by atoms with E-state index in [9.17, 15) is 24.8 Å². The molecule has 0 saturated carbocycles. The average molecular weight is 543 g/mol. The lowest BCUT2D eigenvalue weighted by Gasteiger charge is -2.19. The van der Waals surface area contributed by atoms with Crippen LogP contribution in [0.3, 0.4) is 0 Å². The third-order valence-corrected chi connectivity index (χ3v) is 6.85. The Bertz CT molecular complexity index is 1410. The predicted molar refractivity (Wildman–Crippen MR) is 134 cm³/mol. The van der Waals surface area contributed by atoms with Gasteiger partial charge in [0.05, 0.1) is 36.0 Å². The maximum absolute atomic E-state index is 13.5. The highest BCUT2D eigenvalue weighted by Crippen LogP contribution is 2.49. The zero-order valence-electron chi connectivity index (χ0n) is 19.8. The smallest absolute Gasteiger partial charge is 0.356 e. The van der Waals surface area contributed by atoms with E-state index < -0.39 is 23.8 Å². The van der Waals surface area contributed by atoms with Crippen molar-refractivity contribution in [1.29, 1.82) is 0 Å². The summed E-state index contributed by atoms with van der Waals surface area (Å²) >= 11 is 0. The van der Waals surface area contributed by atoms with Crippen LogP contribution in [0, 0.1) is 20.2 Å². The first-order valence-corrected chi connectivity index (χ1v) is 12.8. The second kappa shape index (κ2) is 11.8. The van der Waals surface area contributed by atoms with Crippen LogP contribution in [-0.4, -0.2) is 42.3 Å². The van der Waals surface area contributed by atoms with Crippen molar-refractivity contribution < 1.29 is 28.2 Å². The minimum absolute atomic E-state index is 0.0891. The number of non-ortho nitro benzene ring substituents is 2. The summed E-state index contributed by atoms with van der Waals surface area (Å²) in [5, 5.41) is 21.7. The number of nitro benzene ring substituents is 2. The van der Waals surface area contributed by atoms with Crippen molar-refractivity contribution in [3.63, 3.8) is 0 Å². The fourth-order valence-electron chi connectivity index (χ4n) is 3.29. The van der Waals surface area contributed by atoms with E-state index >= 15 is 0 Å². The molecule has 4 rings (SSSR count). The molecule has 0 aliphatic rings. The number of nitrogens with zero attached hydrogens (tertiary/aromatic N) is 6. The van der Waals surface area contributed by atoms with E-state index in [0.29, 0.717) is 28.8 Å². The lowest BCUT2D eigenvalue weighted by molar-refractivity contribution is -0.385. The molecule has 0 radical (unpaired) electrons. The Morgan fingerprint density at radius 1 is 0.868 bits per heavy atom. The van der Waals surface area contributed by atoms with Gasteiger partial charge in [0.25, 0.3) is 11.4 Å². The number of fused-ring (bicyclic) bond motifs is 1. The molecule has 2 aromatic carbocycles. The third kappa shape index (κ3) is 6.72. The maximum atomic E-state index is 13.5. The quantitative estimate of drug-likeness (QED) is 0.111. The number of hydrogen-bond donors (Lipinski definition) is 1. The number of aromatic nitrogens is 4. The van der Waals surface area contributed by atoms with Crippen LogP contribution in [-0.2, 0) is 38.1 Å². The van der Waals surface area contributed by atoms with Crippen LogP contribution < -0.4 is 5.73 Å². The highest BCUT2D eigenvalue weighted by atomic mass is 31.2. The Morgan fingerprint density at radius 2 is 1.42 bits per heavy atom. The number of nitro groups is 2. The van der Waals surface area contributed by atoms with Crippen molar-refractivity contribution in [1.82, 2.24) is 19.5 Å². The Labute approximate surface area is 215 Å². The topological polar surface area (TPSA) is 201 Å². The maximum Gasteiger partial charge on any atom is 0.356 e. The number of hydrogen-bond acceptors (Lipinski definition) is 12. The summed E-state index contributed by atoms with van der Waals surface area (Å²) in [5.74, 6) is 0.249. The molecule has 2 N–H and O–H groups in total. The van der Waals surface area contributed by atoms with Gasteiger partial charge < -0.3 is 24.1 Å². The fraction of sp³-hybridized carbons (Fsp3) is 0.227. The van der Waals surface area contributed by atoms with Gasteiger partial charge >= 0.3 is 7.60 Å². The largest absolute Gasteiger partial charge is 0.382 e. The van der Waals surface area contributed by atoms with Crippen LogP contribution in [0.2, 0.25) is 0 Å². The zero-order chi connectivity index (χ0) is 27.1. The summed E-state index contributed by atoms with van der Waals surface area (Å²) in [6, 6.07) is 11.2. The number of anilines is 1. The zero-order valence-corrected chi connectivity index (χ0v) is 20.7. The van der Waals surface area contributed by atoms with Gasteiger partial charge in [0.2, 0.25) is 0 Å². The molecule has 0 spiro atoms. The van der Waals surface area contributed by atoms with Crippen LogP contribution in [0.15, 0.2) is 61.2 Å². The molecule has 0 bridgehead atoms. The van der Waals surface area contributed by atoms with Crippen molar-refractivity contribution in [2.45, 2.75) is 19.8 Å². The highest BCUT2D eigenvalue weighted by Gasteiger charge is 2.26. The summed E-state index contributed by atoms with van der Waals surface area (Å²) in [7, 11) is -3.84. The van der Waals surface area contributed by atoms with Crippen LogP contribution in [0.5, 0.6) is 0 Å². The first-order chi connectivity index (χ1) is 18.2. The van der Waals surface area contributed by atoms with Crippen molar-refractivity contribution in [2.75, 3.05) is 18.7 Å². The molecule has 198 valence electrons. The van der Waals surface area contributed by atoms with Gasteiger partial charge in [0.1, 0.15) is 18.2 Å². The van der Waals surface area contributed by atoms with Crippen molar-refractivity contribution in [3.8, 4) is 0 Å². The lowest BCUT2D eigenvalue weighted by Crippen LogP contribution is -2.09. The summed E-state index contributed by atoms with van der Waals surface area (Å²) < 4.78 is 32.0. The Kier molecular flexibility index (Phi) is 8.33. The third-order valence-electron chi connectivity index (χ3n) is 5.31. The molecule has 0 atom stereocenters. The van der Waals surface area contributed by atoms with Crippen molar-refractivity contribution in [3.05, 3.63) is 92.5 Å². The molecule has 15 nitrogen and oxygen atoms in total. The van der Waals surface area contributed by atoms with Gasteiger partial charge in [-0.3, -0.25) is 24.8 Å². The molecule has 0 amide bonds. The van der Waals surface area contributed by atoms with E-state index in [1.54, 1.807) is 4.57 Å². The van der Waals surface area contributed by atoms with Gasteiger partial charge in [-0.05, 0) is 35.4 Å². The standard InChI is InChI=1S/C22H22N7O8P/c23-21-20-22(25-13-24-21)27(14-26-20)9-10-35-15-38(34,36-11-16-1-5-18(6-2-16)28(30)31)37-12-17-3-7-19(8-4-17)29(32)33/h1-8,13-14H,9-12,15H2,(H2,23,24,25). The summed E-state index contributed by atoms with van der Waals surface area (Å²) in [6.07, 6.45) is 2.47. The number of benzene rings is 2. The number of nitrogen functional groups attached to an aromatic ring is 1. The molecule has 4 aromatic rings. The van der Waals surface area contributed by atoms with Crippen LogP contribution >= 0.6 is 7.60 Å². The predicted octanol–water partition coefficient (Wildman–Crippen LogP) is 3.83. The average Bonchev–Trinajstić information content (AvgIpc) is 3.34. The fourth-order valence-corrected chi connectivity index (χ4v) is 4.55. The molecule has 0 unspecified atom stereocenters. The summed E-state index contributed by atoms with van der Waals surface area (Å²) in [4.78, 5) is 32.9.